The fourth-order valence-corrected chi connectivity index (χ4v) is 6.24. The first-order valence-electron chi connectivity index (χ1n) is 14.1. The van der Waals surface area contributed by atoms with Crippen molar-refractivity contribution in [2.45, 2.75) is 52.4 Å². The maximum absolute atomic E-state index is 12.4. The third-order valence-electron chi connectivity index (χ3n) is 7.80. The number of allylic oxidation sites excluding steroid dienone is 5. The lowest BCUT2D eigenvalue weighted by atomic mass is 9.89. The molecule has 0 atom stereocenters. The van der Waals surface area contributed by atoms with Gasteiger partial charge in [0.1, 0.15) is 22.1 Å². The van der Waals surface area contributed by atoms with E-state index in [2.05, 4.69) is 24.2 Å². The van der Waals surface area contributed by atoms with Crippen molar-refractivity contribution >= 4 is 32.8 Å². The highest BCUT2D eigenvalue weighted by atomic mass is 32.2. The summed E-state index contributed by atoms with van der Waals surface area (Å²) in [6.07, 6.45) is 11.7. The molecule has 0 radical (unpaired) electrons. The first-order chi connectivity index (χ1) is 20.5. The number of fused-ring (bicyclic) bond motifs is 1. The van der Waals surface area contributed by atoms with Crippen LogP contribution < -0.4 is 10.1 Å². The van der Waals surface area contributed by atoms with Gasteiger partial charge in [0.15, 0.2) is 0 Å². The largest absolute Gasteiger partial charge is 0.456 e. The quantitative estimate of drug-likeness (QED) is 0.171. The molecular formula is C36H34N2O4S. The van der Waals surface area contributed by atoms with Crippen LogP contribution in [0.5, 0.6) is 5.75 Å². The Morgan fingerprint density at radius 2 is 1.72 bits per heavy atom. The van der Waals surface area contributed by atoms with Crippen molar-refractivity contribution in [1.82, 2.24) is 0 Å². The predicted octanol–water partition coefficient (Wildman–Crippen LogP) is 8.48. The standard InChI is InChI=1S/C36H34N2O4S/c1-7-27(37-35-22(2)12-10-13-23(35)3)20-31-26(6)34(30-16-8-9-17-33(30)43(39,40)41)29-19-18-28(21-32(29)42-31)38-36-24(4)14-11-15-25(36)5/h1,8-9,11-12,14-21,38H,10,13H2,2-6H3,(H,39,40,41)/b31-20+,37-27-. The lowest BCUT2D eigenvalue weighted by Gasteiger charge is -2.26. The number of nitrogens with one attached hydrogen (secondary N) is 1. The molecule has 5 rings (SSSR count). The van der Waals surface area contributed by atoms with E-state index in [9.17, 15) is 13.0 Å². The molecule has 0 spiro atoms. The first kappa shape index (κ1) is 29.8. The van der Waals surface area contributed by atoms with Crippen LogP contribution in [0.25, 0.3) is 5.57 Å². The summed E-state index contributed by atoms with van der Waals surface area (Å²) in [6.45, 7) is 10.0. The molecule has 6 nitrogen and oxygen atoms in total. The maximum Gasteiger partial charge on any atom is 0.295 e. The van der Waals surface area contributed by atoms with Crippen LogP contribution in [0.1, 0.15) is 55.9 Å². The zero-order valence-electron chi connectivity index (χ0n) is 24.9. The van der Waals surface area contributed by atoms with Crippen molar-refractivity contribution < 1.29 is 17.7 Å². The van der Waals surface area contributed by atoms with Crippen molar-refractivity contribution in [2.75, 3.05) is 5.32 Å². The summed E-state index contributed by atoms with van der Waals surface area (Å²) < 4.78 is 41.5. The van der Waals surface area contributed by atoms with Gasteiger partial charge in [0, 0.05) is 45.8 Å². The second-order valence-corrected chi connectivity index (χ2v) is 12.3. The summed E-state index contributed by atoms with van der Waals surface area (Å²) in [7, 11) is -4.52. The van der Waals surface area contributed by atoms with Crippen LogP contribution in [0.2, 0.25) is 0 Å². The second kappa shape index (κ2) is 11.9. The van der Waals surface area contributed by atoms with E-state index >= 15 is 0 Å². The lowest BCUT2D eigenvalue weighted by Crippen LogP contribution is -2.13. The smallest absolute Gasteiger partial charge is 0.295 e. The van der Waals surface area contributed by atoms with Crippen molar-refractivity contribution in [3.8, 4) is 18.1 Å². The van der Waals surface area contributed by atoms with Crippen LogP contribution in [-0.4, -0.2) is 18.7 Å². The van der Waals surface area contributed by atoms with E-state index in [-0.39, 0.29) is 4.90 Å². The number of ether oxygens (including phenoxy) is 1. The molecule has 0 unspecified atom stereocenters. The summed E-state index contributed by atoms with van der Waals surface area (Å²) in [4.78, 5) is 4.62. The minimum atomic E-state index is -4.52. The van der Waals surface area contributed by atoms with Crippen LogP contribution in [0.15, 0.2) is 111 Å². The topological polar surface area (TPSA) is 88.0 Å². The van der Waals surface area contributed by atoms with E-state index < -0.39 is 10.1 Å². The number of aliphatic imine (C=N–C) groups is 1. The summed E-state index contributed by atoms with van der Waals surface area (Å²) in [5.74, 6) is 3.63. The molecule has 0 aromatic heterocycles. The molecule has 2 aliphatic rings. The zero-order chi connectivity index (χ0) is 30.9. The minimum absolute atomic E-state index is 0.191. The molecule has 0 bridgehead atoms. The molecule has 3 aromatic rings. The predicted molar refractivity (Wildman–Crippen MR) is 174 cm³/mol. The van der Waals surface area contributed by atoms with Crippen LogP contribution in [0, 0.1) is 26.2 Å². The number of hydrogen-bond acceptors (Lipinski definition) is 5. The van der Waals surface area contributed by atoms with Gasteiger partial charge in [-0.2, -0.15) is 8.42 Å². The van der Waals surface area contributed by atoms with Crippen molar-refractivity contribution in [3.63, 3.8) is 0 Å². The van der Waals surface area contributed by atoms with Gasteiger partial charge in [-0.3, -0.25) is 4.55 Å². The molecule has 0 saturated heterocycles. The molecule has 43 heavy (non-hydrogen) atoms. The highest BCUT2D eigenvalue weighted by molar-refractivity contribution is 7.86. The second-order valence-electron chi connectivity index (χ2n) is 10.9. The minimum Gasteiger partial charge on any atom is -0.456 e. The molecular weight excluding hydrogens is 556 g/mol. The SMILES string of the molecule is C#CC(/C=C1/Oc2cc(Nc3c(C)cccc3C)ccc2C(c2ccccc2S(=O)(=O)O)=C1C)=N/C1=C(C)CCC=C1C. The Balaban J connectivity index is 1.70. The van der Waals surface area contributed by atoms with E-state index in [1.807, 2.05) is 64.1 Å². The van der Waals surface area contributed by atoms with Gasteiger partial charge in [-0.15, -0.1) is 6.42 Å². The Kier molecular flexibility index (Phi) is 8.27. The monoisotopic (exact) mass is 590 g/mol. The number of terminal acetylenes is 1. The fourth-order valence-electron chi connectivity index (χ4n) is 5.54. The third-order valence-corrected chi connectivity index (χ3v) is 8.71. The molecule has 1 aliphatic heterocycles. The normalized spacial score (nSPS) is 16.4. The summed E-state index contributed by atoms with van der Waals surface area (Å²) in [6, 6.07) is 18.2. The molecule has 1 aliphatic carbocycles. The van der Waals surface area contributed by atoms with Crippen LogP contribution in [0.4, 0.5) is 11.4 Å². The highest BCUT2D eigenvalue weighted by Gasteiger charge is 2.28. The number of aryl methyl sites for hydroxylation is 2. The zero-order valence-corrected chi connectivity index (χ0v) is 25.8. The Labute approximate surface area is 254 Å². The molecule has 0 fully saturated rings. The van der Waals surface area contributed by atoms with Gasteiger partial charge in [-0.05, 0) is 87.9 Å². The summed E-state index contributed by atoms with van der Waals surface area (Å²) in [5.41, 5.74) is 9.79. The highest BCUT2D eigenvalue weighted by Crippen LogP contribution is 2.44. The number of rotatable bonds is 6. The van der Waals surface area contributed by atoms with Gasteiger partial charge in [0.05, 0.1) is 5.70 Å². The molecule has 0 amide bonds. The molecule has 7 heteroatoms. The number of para-hydroxylation sites is 1. The van der Waals surface area contributed by atoms with E-state index in [1.54, 1.807) is 24.3 Å². The van der Waals surface area contributed by atoms with Gasteiger partial charge in [0.25, 0.3) is 10.1 Å². The Morgan fingerprint density at radius 3 is 2.40 bits per heavy atom. The average Bonchev–Trinajstić information content (AvgIpc) is 2.96. The van der Waals surface area contributed by atoms with Crippen molar-refractivity contribution in [2.24, 2.45) is 4.99 Å². The van der Waals surface area contributed by atoms with Gasteiger partial charge in [0.2, 0.25) is 0 Å². The lowest BCUT2D eigenvalue weighted by molar-refractivity contribution is 0.431. The molecule has 218 valence electrons. The molecule has 1 heterocycles. The van der Waals surface area contributed by atoms with E-state index in [1.165, 1.54) is 11.6 Å². The number of anilines is 2. The van der Waals surface area contributed by atoms with Crippen molar-refractivity contribution in [1.29, 1.82) is 0 Å². The molecule has 2 N–H and O–H groups in total. The number of hydrogen-bond donors (Lipinski definition) is 2. The average molecular weight is 591 g/mol. The first-order valence-corrected chi connectivity index (χ1v) is 15.5. The number of nitrogens with zero attached hydrogens (tertiary/aromatic N) is 1. The summed E-state index contributed by atoms with van der Waals surface area (Å²) >= 11 is 0. The van der Waals surface area contributed by atoms with Gasteiger partial charge in [-0.1, -0.05) is 48.4 Å². The maximum atomic E-state index is 12.4. The Bertz CT molecular complexity index is 1930. The molecule has 3 aromatic carbocycles. The van der Waals surface area contributed by atoms with Crippen LogP contribution in [0.3, 0.4) is 0 Å². The molecule has 0 saturated carbocycles. The summed E-state index contributed by atoms with van der Waals surface area (Å²) in [5, 5.41) is 3.50. The Morgan fingerprint density at radius 1 is 1.00 bits per heavy atom. The number of benzene rings is 3. The van der Waals surface area contributed by atoms with Crippen LogP contribution in [-0.2, 0) is 10.1 Å². The van der Waals surface area contributed by atoms with Crippen LogP contribution >= 0.6 is 0 Å². The van der Waals surface area contributed by atoms with E-state index in [0.29, 0.717) is 39.5 Å². The van der Waals surface area contributed by atoms with Gasteiger partial charge < -0.3 is 10.1 Å². The van der Waals surface area contributed by atoms with E-state index in [0.717, 1.165) is 46.6 Å². The third kappa shape index (κ3) is 6.12. The van der Waals surface area contributed by atoms with E-state index in [4.69, 9.17) is 16.2 Å². The fraction of sp³-hybridized carbons (Fsp3) is 0.194. The van der Waals surface area contributed by atoms with Crippen molar-refractivity contribution in [3.05, 3.63) is 123 Å². The van der Waals surface area contributed by atoms with Gasteiger partial charge in [-0.25, -0.2) is 4.99 Å². The van der Waals surface area contributed by atoms with Gasteiger partial charge >= 0.3 is 0 Å². The Hall–Kier alpha value is -4.64.